The Bertz CT molecular complexity index is 3240. The molecule has 0 fully saturated rings. The zero-order chi connectivity index (χ0) is 36.0. The molecule has 0 amide bonds. The first-order valence-corrected chi connectivity index (χ1v) is 18.8. The number of para-hydroxylation sites is 5. The Morgan fingerprint density at radius 1 is 0.509 bits per heavy atom. The van der Waals surface area contributed by atoms with E-state index < -0.39 is 0 Å². The number of aromatic nitrogens is 4. The molecule has 1 aliphatic carbocycles. The van der Waals surface area contributed by atoms with Gasteiger partial charge < -0.3 is 13.9 Å². The topological polar surface area (TPSA) is 44.9 Å². The van der Waals surface area contributed by atoms with Crippen molar-refractivity contribution in [3.05, 3.63) is 193 Å². The molecule has 2 aliphatic rings. The molecule has 1 aliphatic heterocycles. The lowest BCUT2D eigenvalue weighted by Crippen LogP contribution is -2.20. The Hall–Kier alpha value is -7.24. The van der Waals surface area contributed by atoms with Crippen molar-refractivity contribution < 1.29 is 4.74 Å². The number of hydrogen-bond donors (Lipinski definition) is 0. The summed E-state index contributed by atoms with van der Waals surface area (Å²) in [6, 6.07) is 58.2. The molecule has 258 valence electrons. The van der Waals surface area contributed by atoms with Crippen molar-refractivity contribution in [2.45, 2.75) is 12.0 Å². The monoisotopic (exact) mass is 704 g/mol. The maximum absolute atomic E-state index is 7.03. The molecule has 4 heterocycles. The Balaban J connectivity index is 1.07. The maximum atomic E-state index is 7.03. The van der Waals surface area contributed by atoms with Gasteiger partial charge in [0, 0.05) is 49.3 Å². The standard InChI is InChI=1S/C50H32N4O/c1-3-15-31(16-4-1)48-35-21-7-10-24-40(35)51-50(52-48)37-23-14-28-46-47(37)36-22-13-27-43(49(36)55-46)54-42-26-12-9-20-34(42)39-29-44-38(30-45(39)54)33-19-8-11-25-41(33)53(44)32-17-5-2-6-18-32/h1-30,46-47H. The van der Waals surface area contributed by atoms with Gasteiger partial charge >= 0.3 is 0 Å². The van der Waals surface area contributed by atoms with Crippen molar-refractivity contribution in [1.82, 2.24) is 19.1 Å². The maximum Gasteiger partial charge on any atom is 0.157 e. The summed E-state index contributed by atoms with van der Waals surface area (Å²) >= 11 is 0. The normalized spacial score (nSPS) is 16.2. The smallest absolute Gasteiger partial charge is 0.157 e. The van der Waals surface area contributed by atoms with Crippen molar-refractivity contribution in [3.8, 4) is 28.4 Å². The van der Waals surface area contributed by atoms with E-state index in [0.29, 0.717) is 0 Å². The first-order chi connectivity index (χ1) is 27.3. The Morgan fingerprint density at radius 2 is 1.15 bits per heavy atom. The van der Waals surface area contributed by atoms with Crippen molar-refractivity contribution in [2.75, 3.05) is 0 Å². The highest BCUT2D eigenvalue weighted by Crippen LogP contribution is 2.51. The summed E-state index contributed by atoms with van der Waals surface area (Å²) in [5.41, 5.74) is 12.0. The summed E-state index contributed by atoms with van der Waals surface area (Å²) < 4.78 is 11.8. The van der Waals surface area contributed by atoms with Gasteiger partial charge in [-0.05, 0) is 54.6 Å². The van der Waals surface area contributed by atoms with Gasteiger partial charge in [-0.2, -0.15) is 0 Å². The number of hydrogen-bond acceptors (Lipinski definition) is 3. The second-order valence-corrected chi connectivity index (χ2v) is 14.5. The summed E-state index contributed by atoms with van der Waals surface area (Å²) in [7, 11) is 0. The molecule has 10 aromatic rings. The van der Waals surface area contributed by atoms with Crippen LogP contribution in [-0.2, 0) is 0 Å². The minimum absolute atomic E-state index is 0.0617. The van der Waals surface area contributed by atoms with Gasteiger partial charge in [-0.1, -0.05) is 127 Å². The molecule has 12 rings (SSSR count). The van der Waals surface area contributed by atoms with Crippen LogP contribution in [-0.4, -0.2) is 25.2 Å². The van der Waals surface area contributed by atoms with Crippen LogP contribution in [0.15, 0.2) is 182 Å². The summed E-state index contributed by atoms with van der Waals surface area (Å²) in [6.45, 7) is 0. The van der Waals surface area contributed by atoms with Crippen LogP contribution in [0.4, 0.5) is 0 Å². The highest BCUT2D eigenvalue weighted by atomic mass is 16.5. The summed E-state index contributed by atoms with van der Waals surface area (Å²) in [6.07, 6.45) is 6.26. The molecule has 3 aromatic heterocycles. The average molecular weight is 705 g/mol. The second kappa shape index (κ2) is 11.6. The van der Waals surface area contributed by atoms with Gasteiger partial charge in [0.25, 0.3) is 0 Å². The minimum atomic E-state index is -0.185. The first kappa shape index (κ1) is 30.2. The summed E-state index contributed by atoms with van der Waals surface area (Å²) in [4.78, 5) is 10.5. The predicted molar refractivity (Wildman–Crippen MR) is 224 cm³/mol. The lowest BCUT2D eigenvalue weighted by Gasteiger charge is -2.22. The third kappa shape index (κ3) is 4.41. The zero-order valence-electron chi connectivity index (χ0n) is 29.7. The molecule has 55 heavy (non-hydrogen) atoms. The molecular weight excluding hydrogens is 673 g/mol. The van der Waals surface area contributed by atoms with E-state index in [1.807, 2.05) is 12.1 Å². The summed E-state index contributed by atoms with van der Waals surface area (Å²) in [5.74, 6) is 1.56. The van der Waals surface area contributed by atoms with E-state index in [0.717, 1.165) is 67.3 Å². The average Bonchev–Trinajstić information content (AvgIpc) is 3.90. The third-order valence-electron chi connectivity index (χ3n) is 11.5. The van der Waals surface area contributed by atoms with Crippen LogP contribution in [0.3, 0.4) is 0 Å². The Morgan fingerprint density at radius 3 is 1.91 bits per heavy atom. The van der Waals surface area contributed by atoms with Gasteiger partial charge in [-0.25, -0.2) is 9.97 Å². The number of rotatable bonds is 4. The largest absolute Gasteiger partial charge is 0.483 e. The van der Waals surface area contributed by atoms with Gasteiger partial charge in [-0.15, -0.1) is 0 Å². The highest BCUT2D eigenvalue weighted by molar-refractivity contribution is 6.19. The fourth-order valence-corrected chi connectivity index (χ4v) is 9.12. The van der Waals surface area contributed by atoms with Crippen LogP contribution >= 0.6 is 0 Å². The molecule has 0 radical (unpaired) electrons. The number of nitrogens with zero attached hydrogens (tertiary/aromatic N) is 4. The highest BCUT2D eigenvalue weighted by Gasteiger charge is 2.40. The molecule has 5 heteroatoms. The van der Waals surface area contributed by atoms with E-state index in [4.69, 9.17) is 14.7 Å². The van der Waals surface area contributed by atoms with E-state index in [-0.39, 0.29) is 12.0 Å². The van der Waals surface area contributed by atoms with Crippen LogP contribution in [0.5, 0.6) is 5.75 Å². The van der Waals surface area contributed by atoms with Crippen molar-refractivity contribution >= 4 is 60.1 Å². The lowest BCUT2D eigenvalue weighted by atomic mass is 9.84. The first-order valence-electron chi connectivity index (χ1n) is 18.8. The molecule has 0 N–H and O–H groups in total. The van der Waals surface area contributed by atoms with Crippen LogP contribution in [0.1, 0.15) is 17.3 Å². The number of fused-ring (bicyclic) bond motifs is 10. The van der Waals surface area contributed by atoms with Gasteiger partial charge in [0.05, 0.1) is 44.9 Å². The zero-order valence-corrected chi connectivity index (χ0v) is 29.7. The van der Waals surface area contributed by atoms with E-state index in [9.17, 15) is 0 Å². The van der Waals surface area contributed by atoms with Crippen LogP contribution in [0.2, 0.25) is 0 Å². The molecule has 7 aromatic carbocycles. The van der Waals surface area contributed by atoms with Crippen molar-refractivity contribution in [2.24, 2.45) is 0 Å². The van der Waals surface area contributed by atoms with Gasteiger partial charge in [0.15, 0.2) is 5.82 Å². The second-order valence-electron chi connectivity index (χ2n) is 14.5. The van der Waals surface area contributed by atoms with Gasteiger partial charge in [-0.3, -0.25) is 0 Å². The predicted octanol–water partition coefficient (Wildman–Crippen LogP) is 12.0. The third-order valence-corrected chi connectivity index (χ3v) is 11.5. The van der Waals surface area contributed by atoms with Crippen LogP contribution < -0.4 is 4.74 Å². The molecule has 2 unspecified atom stereocenters. The SMILES string of the molecule is C1=CC2Oc3c(cccc3-n3c4ccccc4c4cc5c(cc43)c3ccccc3n5-c3ccccc3)C2C(c2nc(-c3ccccc3)c3ccccc3n2)=C1. The van der Waals surface area contributed by atoms with E-state index in [2.05, 4.69) is 179 Å². The fourth-order valence-electron chi connectivity index (χ4n) is 9.12. The number of ether oxygens (including phenoxy) is 1. The van der Waals surface area contributed by atoms with E-state index >= 15 is 0 Å². The summed E-state index contributed by atoms with van der Waals surface area (Å²) in [5, 5.41) is 5.89. The van der Waals surface area contributed by atoms with Crippen molar-refractivity contribution in [3.63, 3.8) is 0 Å². The van der Waals surface area contributed by atoms with Gasteiger partial charge in [0.2, 0.25) is 0 Å². The fraction of sp³-hybridized carbons (Fsp3) is 0.0400. The molecule has 0 spiro atoms. The molecule has 0 saturated heterocycles. The molecule has 0 saturated carbocycles. The lowest BCUT2D eigenvalue weighted by molar-refractivity contribution is 0.271. The van der Waals surface area contributed by atoms with Crippen LogP contribution in [0.25, 0.3) is 82.7 Å². The van der Waals surface area contributed by atoms with Crippen LogP contribution in [0, 0.1) is 0 Å². The quantitative estimate of drug-likeness (QED) is 0.183. The minimum Gasteiger partial charge on any atom is -0.483 e. The Labute approximate surface area is 316 Å². The molecule has 2 atom stereocenters. The molecule has 0 bridgehead atoms. The van der Waals surface area contributed by atoms with E-state index in [1.54, 1.807) is 0 Å². The Kier molecular flexibility index (Phi) is 6.39. The molecule has 5 nitrogen and oxygen atoms in total. The number of benzene rings is 7. The van der Waals surface area contributed by atoms with Crippen molar-refractivity contribution in [1.29, 1.82) is 0 Å². The van der Waals surface area contributed by atoms with E-state index in [1.165, 1.54) is 32.6 Å². The van der Waals surface area contributed by atoms with Gasteiger partial charge in [0.1, 0.15) is 11.9 Å². The number of allylic oxidation sites excluding steroid dienone is 2. The molecular formula is C50H32N4O.